The van der Waals surface area contributed by atoms with Crippen molar-refractivity contribution >= 4 is 48.4 Å². The van der Waals surface area contributed by atoms with Gasteiger partial charge in [0.15, 0.2) is 11.9 Å². The minimum Gasteiger partial charge on any atom is -0.344 e. The van der Waals surface area contributed by atoms with Crippen molar-refractivity contribution in [1.82, 2.24) is 0 Å². The van der Waals surface area contributed by atoms with Crippen molar-refractivity contribution in [2.24, 2.45) is 11.3 Å². The fourth-order valence-corrected chi connectivity index (χ4v) is 10.5. The highest BCUT2D eigenvalue weighted by Gasteiger charge is 2.41. The number of thioether (sulfide) groups is 1. The van der Waals surface area contributed by atoms with Crippen LogP contribution >= 0.6 is 24.4 Å². The molecule has 1 unspecified atom stereocenters. The van der Waals surface area contributed by atoms with E-state index in [1.165, 1.54) is 84.6 Å². The molecule has 2 aromatic carbocycles. The van der Waals surface area contributed by atoms with Gasteiger partial charge in [0.2, 0.25) is 0 Å². The lowest BCUT2D eigenvalue weighted by molar-refractivity contribution is -0.460. The van der Waals surface area contributed by atoms with Gasteiger partial charge in [-0.15, -0.1) is 18.3 Å². The fraction of sp³-hybridized carbons (Fsp3) is 0.426. The molecule has 1 atom stereocenters. The van der Waals surface area contributed by atoms with Gasteiger partial charge < -0.3 is 4.90 Å². The van der Waals surface area contributed by atoms with Crippen molar-refractivity contribution < 1.29 is 4.58 Å². The van der Waals surface area contributed by atoms with Crippen molar-refractivity contribution in [2.75, 3.05) is 30.0 Å². The van der Waals surface area contributed by atoms with E-state index < -0.39 is 0 Å². The average molecular weight is 906 g/mol. The molecule has 2 nitrogen and oxygen atoms in total. The zero-order chi connectivity index (χ0) is 47.1. The quantitative estimate of drug-likeness (QED) is 0.0438. The topological polar surface area (TPSA) is 6.25 Å². The molecule has 2 aliphatic heterocycles. The summed E-state index contributed by atoms with van der Waals surface area (Å²) in [4.78, 5) is 3.92. The summed E-state index contributed by atoms with van der Waals surface area (Å²) in [6.07, 6.45) is 38.9. The number of unbranched alkanes of at least 4 members (excludes halogenated alkanes) is 4. The summed E-state index contributed by atoms with van der Waals surface area (Å²) in [6.45, 7) is 37.7. The van der Waals surface area contributed by atoms with Crippen LogP contribution in [-0.2, 0) is 11.8 Å². The monoisotopic (exact) mass is 906 g/mol. The minimum atomic E-state index is -0.232. The molecule has 0 N–H and O–H groups in total. The van der Waals surface area contributed by atoms with Crippen LogP contribution in [0.1, 0.15) is 130 Å². The maximum absolute atomic E-state index is 4.75. The molecule has 2 heterocycles. The number of hydrogen-bond acceptors (Lipinski definition) is 3. The number of hydrogen-bond donors (Lipinski definition) is 1. The molecule has 0 radical (unpaired) electrons. The number of allylic oxidation sites excluding steroid dienone is 15. The van der Waals surface area contributed by atoms with Crippen molar-refractivity contribution in [2.45, 2.75) is 135 Å². The van der Waals surface area contributed by atoms with E-state index in [0.717, 1.165) is 94.7 Å². The Morgan fingerprint density at radius 3 is 2.37 bits per heavy atom. The van der Waals surface area contributed by atoms with Gasteiger partial charge in [-0.2, -0.15) is 12.6 Å². The Bertz CT molecular complexity index is 2390. The highest BCUT2D eigenvalue weighted by molar-refractivity contribution is 7.98. The SMILES string of the molecule is C=C/C=c1/c2c(ccc1=C)N(CCCCCC(=C)CC)/C(=C\C=C1/CC(C)CC(/C=C/C3=[N+](CCCCS)/C=C\C(=C\CCC=C)CC(=C)C3(C)C)=C1Cc1ccc(SC)cc1)C2(C)C. The molecule has 0 amide bonds. The third kappa shape index (κ3) is 13.2. The van der Waals surface area contributed by atoms with Gasteiger partial charge in [0.25, 0.3) is 0 Å². The minimum absolute atomic E-state index is 0.223. The highest BCUT2D eigenvalue weighted by atomic mass is 32.2. The summed E-state index contributed by atoms with van der Waals surface area (Å²) >= 11 is 6.38. The second-order valence-corrected chi connectivity index (χ2v) is 20.9. The van der Waals surface area contributed by atoms with E-state index in [1.807, 2.05) is 12.2 Å². The van der Waals surface area contributed by atoms with Crippen molar-refractivity contribution in [3.8, 4) is 0 Å². The van der Waals surface area contributed by atoms with Crippen LogP contribution in [0.4, 0.5) is 5.69 Å². The molecule has 0 saturated heterocycles. The summed E-state index contributed by atoms with van der Waals surface area (Å²) in [5.41, 5.74) is 14.5. The number of nitrogens with zero attached hydrogens (tertiary/aromatic N) is 2. The molecule has 0 saturated carbocycles. The second-order valence-electron chi connectivity index (χ2n) is 19.6. The van der Waals surface area contributed by atoms with Crippen LogP contribution < -0.4 is 15.3 Å². The maximum Gasteiger partial charge on any atom is 0.191 e. The second kappa shape index (κ2) is 24.5. The van der Waals surface area contributed by atoms with Crippen molar-refractivity contribution in [3.63, 3.8) is 0 Å². The van der Waals surface area contributed by atoms with Gasteiger partial charge in [-0.25, -0.2) is 4.58 Å². The summed E-state index contributed by atoms with van der Waals surface area (Å²) in [6, 6.07) is 13.7. The number of fused-ring (bicyclic) bond motifs is 1. The number of thiol groups is 1. The van der Waals surface area contributed by atoms with E-state index in [1.54, 1.807) is 11.8 Å². The van der Waals surface area contributed by atoms with Gasteiger partial charge in [0.1, 0.15) is 6.54 Å². The molecule has 5 rings (SSSR count). The van der Waals surface area contributed by atoms with Crippen molar-refractivity contribution in [1.29, 1.82) is 0 Å². The number of rotatable bonds is 21. The molecule has 3 aliphatic rings. The van der Waals surface area contributed by atoms with Crippen LogP contribution in [0.25, 0.3) is 12.7 Å². The third-order valence-corrected chi connectivity index (χ3v) is 15.1. The lowest BCUT2D eigenvalue weighted by Gasteiger charge is -2.30. The molecule has 0 bridgehead atoms. The molecule has 1 aliphatic carbocycles. The predicted octanol–water partition coefficient (Wildman–Crippen LogP) is 15.3. The zero-order valence-electron chi connectivity index (χ0n) is 41.4. The van der Waals surface area contributed by atoms with Crippen LogP contribution in [0, 0.1) is 11.3 Å². The van der Waals surface area contributed by atoms with E-state index in [-0.39, 0.29) is 10.8 Å². The molecule has 65 heavy (non-hydrogen) atoms. The number of anilines is 1. The van der Waals surface area contributed by atoms with Gasteiger partial charge in [0, 0.05) is 46.8 Å². The lowest BCUT2D eigenvalue weighted by Crippen LogP contribution is -2.33. The van der Waals surface area contributed by atoms with Gasteiger partial charge >= 0.3 is 0 Å². The molecule has 0 aromatic heterocycles. The first kappa shape index (κ1) is 51.7. The normalized spacial score (nSPS) is 22.2. The van der Waals surface area contributed by atoms with Gasteiger partial charge in [-0.3, -0.25) is 0 Å². The van der Waals surface area contributed by atoms with E-state index >= 15 is 0 Å². The van der Waals surface area contributed by atoms with Crippen LogP contribution in [0.2, 0.25) is 0 Å². The maximum atomic E-state index is 4.75. The van der Waals surface area contributed by atoms with Gasteiger partial charge in [-0.1, -0.05) is 126 Å². The van der Waals surface area contributed by atoms with Crippen LogP contribution in [-0.4, -0.2) is 35.4 Å². The van der Waals surface area contributed by atoms with Crippen LogP contribution in [0.3, 0.4) is 0 Å². The Hall–Kier alpha value is -4.25. The lowest BCUT2D eigenvalue weighted by atomic mass is 9.75. The first-order valence-electron chi connectivity index (χ1n) is 24.4. The Morgan fingerprint density at radius 2 is 1.68 bits per heavy atom. The summed E-state index contributed by atoms with van der Waals surface area (Å²) in [5.74, 6) is 1.40. The van der Waals surface area contributed by atoms with Crippen LogP contribution in [0.5, 0.6) is 0 Å². The summed E-state index contributed by atoms with van der Waals surface area (Å²) < 4.78 is 2.50. The molecule has 2 aromatic rings. The molecule has 4 heteroatoms. The standard InChI is InChI=1S/C61H80N2S2/c1-13-16-18-25-49-36-39-62(37-21-22-40-64)57(60(8,9)48(7)43-49)34-29-51-41-46(5)42-52(55(51)44-50-27-31-53(65-12)32-28-50)30-35-58-61(10,11)59-54(23-14-2)47(6)26-33-56(59)63(58)38-20-17-19-24-45(4)15-3/h13-14,23,25-36,39,46H,1-2,4,6-7,15-22,24,37-38,40-44H2,3,5,8-12H3/p+1/b39-36-,49-25-,54-23+. The Labute approximate surface area is 405 Å². The molecule has 0 fully saturated rings. The smallest absolute Gasteiger partial charge is 0.191 e. The van der Waals surface area contributed by atoms with E-state index in [0.29, 0.717) is 5.92 Å². The third-order valence-electron chi connectivity index (χ3n) is 14.0. The van der Waals surface area contributed by atoms with Gasteiger partial charge in [-0.05, 0) is 171 Å². The highest BCUT2D eigenvalue weighted by Crippen LogP contribution is 2.47. The number of benzene rings is 2. The fourth-order valence-electron chi connectivity index (χ4n) is 9.87. The Morgan fingerprint density at radius 1 is 0.908 bits per heavy atom. The Kier molecular flexibility index (Phi) is 19.5. The predicted molar refractivity (Wildman–Crippen MR) is 294 cm³/mol. The first-order valence-corrected chi connectivity index (χ1v) is 26.3. The molecule has 346 valence electrons. The van der Waals surface area contributed by atoms with Gasteiger partial charge in [0.05, 0.1) is 5.41 Å². The van der Waals surface area contributed by atoms with Crippen LogP contribution in [0.15, 0.2) is 162 Å². The van der Waals surface area contributed by atoms with E-state index in [9.17, 15) is 0 Å². The van der Waals surface area contributed by atoms with E-state index in [2.05, 4.69) is 181 Å². The first-order chi connectivity index (χ1) is 31.2. The Balaban J connectivity index is 1.68. The summed E-state index contributed by atoms with van der Waals surface area (Å²) in [5, 5.41) is 2.25. The summed E-state index contributed by atoms with van der Waals surface area (Å²) in [7, 11) is 0. The largest absolute Gasteiger partial charge is 0.344 e. The molecular weight excluding hydrogens is 825 g/mol. The van der Waals surface area contributed by atoms with Crippen molar-refractivity contribution in [3.05, 3.63) is 178 Å². The molecule has 0 spiro atoms. The van der Waals surface area contributed by atoms with E-state index in [4.69, 9.17) is 6.58 Å². The average Bonchev–Trinajstić information content (AvgIpc) is 3.50. The molecular formula is C61H81N2S2+. The zero-order valence-corrected chi connectivity index (χ0v) is 43.1.